The summed E-state index contributed by atoms with van der Waals surface area (Å²) in [6, 6.07) is 6.52. The highest BCUT2D eigenvalue weighted by molar-refractivity contribution is 5.39. The van der Waals surface area contributed by atoms with Crippen LogP contribution in [0.15, 0.2) is 18.2 Å². The van der Waals surface area contributed by atoms with Gasteiger partial charge in [0.1, 0.15) is 11.5 Å². The number of aliphatic hydroxyl groups excluding tert-OH is 1. The third-order valence-electron chi connectivity index (χ3n) is 5.55. The Kier molecular flexibility index (Phi) is 5.98. The third-order valence-corrected chi connectivity index (χ3v) is 5.55. The summed E-state index contributed by atoms with van der Waals surface area (Å²) in [6.07, 6.45) is 6.12. The van der Waals surface area contributed by atoms with E-state index in [-0.39, 0.29) is 6.61 Å². The second-order valence-corrected chi connectivity index (χ2v) is 7.07. The summed E-state index contributed by atoms with van der Waals surface area (Å²) in [6.45, 7) is 3.98. The van der Waals surface area contributed by atoms with Gasteiger partial charge in [-0.2, -0.15) is 0 Å². The number of hydrogen-bond donors (Lipinski definition) is 2. The fourth-order valence-electron chi connectivity index (χ4n) is 4.26. The molecule has 1 aromatic carbocycles. The molecule has 0 amide bonds. The number of aromatic hydroxyl groups is 1. The van der Waals surface area contributed by atoms with Gasteiger partial charge in [0.25, 0.3) is 0 Å². The van der Waals surface area contributed by atoms with Crippen molar-refractivity contribution in [3.63, 3.8) is 0 Å². The van der Waals surface area contributed by atoms with Crippen molar-refractivity contribution in [2.45, 2.75) is 50.7 Å². The summed E-state index contributed by atoms with van der Waals surface area (Å²) in [5, 5.41) is 19.6. The van der Waals surface area contributed by atoms with Gasteiger partial charge in [-0.25, -0.2) is 0 Å². The van der Waals surface area contributed by atoms with Crippen LogP contribution in [0.25, 0.3) is 0 Å². The minimum atomic E-state index is 0.242. The predicted octanol–water partition coefficient (Wildman–Crippen LogP) is 2.21. The average Bonchev–Trinajstić information content (AvgIpc) is 3.12. The Morgan fingerprint density at radius 1 is 1.21 bits per heavy atom. The second kappa shape index (κ2) is 8.19. The predicted molar refractivity (Wildman–Crippen MR) is 94.4 cm³/mol. The van der Waals surface area contributed by atoms with Crippen LogP contribution in [0, 0.1) is 0 Å². The maximum atomic E-state index is 10.1. The van der Waals surface area contributed by atoms with Gasteiger partial charge in [-0.15, -0.1) is 0 Å². The zero-order chi connectivity index (χ0) is 16.9. The molecule has 1 saturated heterocycles. The van der Waals surface area contributed by atoms with Crippen LogP contribution in [-0.2, 0) is 6.54 Å². The van der Waals surface area contributed by atoms with Crippen LogP contribution in [-0.4, -0.2) is 65.4 Å². The fraction of sp³-hybridized carbons (Fsp3) is 0.684. The molecule has 1 aromatic rings. The largest absolute Gasteiger partial charge is 0.508 e. The van der Waals surface area contributed by atoms with Gasteiger partial charge in [-0.3, -0.25) is 9.80 Å². The van der Waals surface area contributed by atoms with Crippen molar-refractivity contribution < 1.29 is 14.9 Å². The van der Waals surface area contributed by atoms with Crippen molar-refractivity contribution >= 4 is 0 Å². The zero-order valence-electron chi connectivity index (χ0n) is 14.7. The van der Waals surface area contributed by atoms with Crippen LogP contribution in [0.1, 0.15) is 37.7 Å². The molecule has 0 unspecified atom stereocenters. The number of piperazine rings is 1. The van der Waals surface area contributed by atoms with Crippen molar-refractivity contribution in [1.29, 1.82) is 0 Å². The lowest BCUT2D eigenvalue weighted by atomic mass is 10.0. The lowest BCUT2D eigenvalue weighted by Gasteiger charge is -2.44. The molecule has 3 rings (SSSR count). The summed E-state index contributed by atoms with van der Waals surface area (Å²) >= 11 is 0. The Morgan fingerprint density at radius 2 is 2.00 bits per heavy atom. The molecule has 0 aromatic heterocycles. The van der Waals surface area contributed by atoms with Gasteiger partial charge in [0.2, 0.25) is 0 Å². The minimum absolute atomic E-state index is 0.242. The first kappa shape index (κ1) is 17.5. The van der Waals surface area contributed by atoms with Gasteiger partial charge < -0.3 is 14.9 Å². The Labute approximate surface area is 144 Å². The Hall–Kier alpha value is -1.30. The van der Waals surface area contributed by atoms with E-state index in [4.69, 9.17) is 4.74 Å². The van der Waals surface area contributed by atoms with Gasteiger partial charge in [0, 0.05) is 50.4 Å². The molecule has 2 N–H and O–H groups in total. The van der Waals surface area contributed by atoms with Crippen LogP contribution < -0.4 is 4.74 Å². The van der Waals surface area contributed by atoms with Crippen LogP contribution >= 0.6 is 0 Å². The third kappa shape index (κ3) is 4.02. The van der Waals surface area contributed by atoms with Crippen molar-refractivity contribution in [2.24, 2.45) is 0 Å². The molecule has 134 valence electrons. The maximum Gasteiger partial charge on any atom is 0.120 e. The topological polar surface area (TPSA) is 56.2 Å². The lowest BCUT2D eigenvalue weighted by molar-refractivity contribution is 0.0264. The molecule has 1 aliphatic heterocycles. The van der Waals surface area contributed by atoms with E-state index in [1.807, 2.05) is 6.07 Å². The van der Waals surface area contributed by atoms with Gasteiger partial charge in [0.05, 0.1) is 7.11 Å². The number of benzene rings is 1. The molecule has 5 nitrogen and oxygen atoms in total. The van der Waals surface area contributed by atoms with Crippen LogP contribution in [0.5, 0.6) is 11.5 Å². The molecule has 1 atom stereocenters. The van der Waals surface area contributed by atoms with E-state index in [1.54, 1.807) is 19.2 Å². The molecule has 2 aliphatic rings. The van der Waals surface area contributed by atoms with E-state index >= 15 is 0 Å². The van der Waals surface area contributed by atoms with Gasteiger partial charge >= 0.3 is 0 Å². The minimum Gasteiger partial charge on any atom is -0.508 e. The van der Waals surface area contributed by atoms with Crippen molar-refractivity contribution in [2.75, 3.05) is 33.4 Å². The van der Waals surface area contributed by atoms with E-state index in [0.29, 0.717) is 17.8 Å². The summed E-state index contributed by atoms with van der Waals surface area (Å²) in [5.74, 6) is 1.10. The Morgan fingerprint density at radius 3 is 2.71 bits per heavy atom. The molecule has 24 heavy (non-hydrogen) atoms. The molecule has 0 bridgehead atoms. The van der Waals surface area contributed by atoms with E-state index < -0.39 is 0 Å². The standard InChI is InChI=1S/C19H30N2O3/c1-24-18-6-7-19(23)15(12-18)13-20-9-10-21(16-4-2-3-5-16)17(14-20)8-11-22/h6-7,12,16-17,22-23H,2-5,8-11,13-14H2,1H3/t17-/m0/s1. The molecule has 1 saturated carbocycles. The first-order valence-electron chi connectivity index (χ1n) is 9.16. The maximum absolute atomic E-state index is 10.1. The monoisotopic (exact) mass is 334 g/mol. The highest BCUT2D eigenvalue weighted by atomic mass is 16.5. The summed E-state index contributed by atoms with van der Waals surface area (Å²) < 4.78 is 5.27. The summed E-state index contributed by atoms with van der Waals surface area (Å²) in [7, 11) is 1.65. The zero-order valence-corrected chi connectivity index (χ0v) is 14.7. The first-order valence-corrected chi connectivity index (χ1v) is 9.16. The number of ether oxygens (including phenoxy) is 1. The first-order chi connectivity index (χ1) is 11.7. The number of hydrogen-bond acceptors (Lipinski definition) is 5. The number of phenols is 1. The highest BCUT2D eigenvalue weighted by Crippen LogP contribution is 2.29. The molecule has 1 aliphatic carbocycles. The van der Waals surface area contributed by atoms with Crippen LogP contribution in [0.3, 0.4) is 0 Å². The summed E-state index contributed by atoms with van der Waals surface area (Å²) in [4.78, 5) is 5.02. The Balaban J connectivity index is 1.65. The number of phenolic OH excluding ortho intramolecular Hbond substituents is 1. The molecular weight excluding hydrogens is 304 g/mol. The number of methoxy groups -OCH3 is 1. The second-order valence-electron chi connectivity index (χ2n) is 7.07. The molecule has 2 fully saturated rings. The molecule has 0 radical (unpaired) electrons. The quantitative estimate of drug-likeness (QED) is 0.835. The Bertz CT molecular complexity index is 531. The fourth-order valence-corrected chi connectivity index (χ4v) is 4.26. The van der Waals surface area contributed by atoms with Crippen LogP contribution in [0.2, 0.25) is 0 Å². The van der Waals surface area contributed by atoms with Crippen molar-refractivity contribution in [1.82, 2.24) is 9.80 Å². The SMILES string of the molecule is COc1ccc(O)c(CN2CCN(C3CCCC3)[C@@H](CCO)C2)c1. The lowest BCUT2D eigenvalue weighted by Crippen LogP contribution is -2.56. The smallest absolute Gasteiger partial charge is 0.120 e. The van der Waals surface area contributed by atoms with E-state index in [1.165, 1.54) is 25.7 Å². The molecule has 1 heterocycles. The number of rotatable bonds is 6. The van der Waals surface area contributed by atoms with Gasteiger partial charge in [0.15, 0.2) is 0 Å². The molecule has 0 spiro atoms. The van der Waals surface area contributed by atoms with Crippen molar-refractivity contribution in [3.05, 3.63) is 23.8 Å². The normalized spacial score (nSPS) is 23.7. The van der Waals surface area contributed by atoms with E-state index in [0.717, 1.165) is 43.9 Å². The molecular formula is C19H30N2O3. The highest BCUT2D eigenvalue weighted by Gasteiger charge is 2.33. The van der Waals surface area contributed by atoms with Gasteiger partial charge in [-0.1, -0.05) is 12.8 Å². The van der Waals surface area contributed by atoms with Crippen LogP contribution in [0.4, 0.5) is 0 Å². The van der Waals surface area contributed by atoms with Gasteiger partial charge in [-0.05, 0) is 37.5 Å². The van der Waals surface area contributed by atoms with Crippen molar-refractivity contribution in [3.8, 4) is 11.5 Å². The van der Waals surface area contributed by atoms with E-state index in [9.17, 15) is 10.2 Å². The number of nitrogens with zero attached hydrogens (tertiary/aromatic N) is 2. The number of aliphatic hydroxyl groups is 1. The summed E-state index contributed by atoms with van der Waals surface area (Å²) in [5.41, 5.74) is 0.909. The molecule has 5 heteroatoms. The van der Waals surface area contributed by atoms with E-state index in [2.05, 4.69) is 9.80 Å². The average molecular weight is 334 g/mol.